The minimum absolute atomic E-state index is 0.0791. The molecule has 1 atom stereocenters. The van der Waals surface area contributed by atoms with Crippen molar-refractivity contribution in [1.29, 1.82) is 0 Å². The monoisotopic (exact) mass is 433 g/mol. The van der Waals surface area contributed by atoms with E-state index in [1.807, 2.05) is 24.0 Å². The van der Waals surface area contributed by atoms with Gasteiger partial charge in [-0.1, -0.05) is 43.5 Å². The smallest absolute Gasteiger partial charge is 0.228 e. The number of aromatic nitrogens is 1. The van der Waals surface area contributed by atoms with E-state index in [1.54, 1.807) is 12.4 Å². The summed E-state index contributed by atoms with van der Waals surface area (Å²) in [4.78, 5) is 32.8. The van der Waals surface area contributed by atoms with Crippen molar-refractivity contribution >= 4 is 11.8 Å². The lowest BCUT2D eigenvalue weighted by Crippen LogP contribution is -2.55. The summed E-state index contributed by atoms with van der Waals surface area (Å²) in [5, 5.41) is 3.08. The van der Waals surface area contributed by atoms with Crippen molar-refractivity contribution < 1.29 is 9.59 Å². The molecule has 2 fully saturated rings. The van der Waals surface area contributed by atoms with Crippen LogP contribution in [0.25, 0.3) is 11.1 Å². The van der Waals surface area contributed by atoms with Crippen molar-refractivity contribution in [3.05, 3.63) is 54.4 Å². The molecule has 2 amide bonds. The first-order chi connectivity index (χ1) is 15.6. The van der Waals surface area contributed by atoms with Crippen LogP contribution in [0.3, 0.4) is 0 Å². The third kappa shape index (κ3) is 5.03. The van der Waals surface area contributed by atoms with Gasteiger partial charge < -0.3 is 10.2 Å². The van der Waals surface area contributed by atoms with Gasteiger partial charge in [0.2, 0.25) is 11.8 Å². The number of piperidine rings is 1. The number of carbonyl (C=O) groups excluding carboxylic acids is 2. The van der Waals surface area contributed by atoms with Crippen LogP contribution in [-0.4, -0.2) is 41.3 Å². The lowest BCUT2D eigenvalue weighted by Gasteiger charge is -2.43. The first kappa shape index (κ1) is 22.5. The summed E-state index contributed by atoms with van der Waals surface area (Å²) < 4.78 is 0. The Morgan fingerprint density at radius 3 is 2.59 bits per heavy atom. The van der Waals surface area contributed by atoms with Crippen molar-refractivity contribution in [3.63, 3.8) is 0 Å². The van der Waals surface area contributed by atoms with Crippen molar-refractivity contribution in [2.24, 2.45) is 11.3 Å². The fourth-order valence-corrected chi connectivity index (χ4v) is 5.48. The number of hydrogen-bond acceptors (Lipinski definition) is 3. The van der Waals surface area contributed by atoms with Gasteiger partial charge in [0.25, 0.3) is 0 Å². The number of nitrogens with one attached hydrogen (secondary N) is 1. The molecule has 1 saturated carbocycles. The molecule has 5 nitrogen and oxygen atoms in total. The molecule has 1 aliphatic heterocycles. The summed E-state index contributed by atoms with van der Waals surface area (Å²) in [6.07, 6.45) is 11.5. The number of nitrogens with zero attached hydrogens (tertiary/aromatic N) is 2. The van der Waals surface area contributed by atoms with E-state index in [0.717, 1.165) is 61.8 Å². The molecule has 1 aromatic heterocycles. The maximum absolute atomic E-state index is 13.4. The molecular formula is C27H35N3O2. The van der Waals surface area contributed by atoms with E-state index < -0.39 is 5.41 Å². The van der Waals surface area contributed by atoms with Crippen molar-refractivity contribution in [3.8, 4) is 11.1 Å². The normalized spacial score (nSPS) is 21.8. The van der Waals surface area contributed by atoms with Gasteiger partial charge in [-0.25, -0.2) is 0 Å². The Balaban J connectivity index is 1.58. The molecule has 4 rings (SSSR count). The zero-order valence-electron chi connectivity index (χ0n) is 19.2. The molecule has 0 spiro atoms. The molecule has 170 valence electrons. The molecule has 1 aromatic carbocycles. The molecule has 1 aliphatic carbocycles. The van der Waals surface area contributed by atoms with Gasteiger partial charge in [-0.15, -0.1) is 0 Å². The number of likely N-dealkylation sites (tertiary alicyclic amines) is 1. The molecule has 0 unspecified atom stereocenters. The van der Waals surface area contributed by atoms with Crippen LogP contribution in [0.1, 0.15) is 57.4 Å². The SMILES string of the molecule is CCNC(=O)[C@@]1(Cc2cccc(-c3ccncc3)c2)CCCN(C(=O)C2CCCCC2)C1. The second-order valence-electron chi connectivity index (χ2n) is 9.45. The summed E-state index contributed by atoms with van der Waals surface area (Å²) in [6.45, 7) is 3.86. The number of carbonyl (C=O) groups is 2. The van der Waals surface area contributed by atoms with Gasteiger partial charge in [-0.3, -0.25) is 14.6 Å². The summed E-state index contributed by atoms with van der Waals surface area (Å²) >= 11 is 0. The van der Waals surface area contributed by atoms with E-state index >= 15 is 0 Å². The molecule has 2 aliphatic rings. The predicted octanol–water partition coefficient (Wildman–Crippen LogP) is 4.62. The number of amides is 2. The van der Waals surface area contributed by atoms with Crippen molar-refractivity contribution in [2.75, 3.05) is 19.6 Å². The largest absolute Gasteiger partial charge is 0.356 e. The fraction of sp³-hybridized carbons (Fsp3) is 0.519. The Hall–Kier alpha value is -2.69. The van der Waals surface area contributed by atoms with Crippen LogP contribution in [0.5, 0.6) is 0 Å². The van der Waals surface area contributed by atoms with Gasteiger partial charge in [0.1, 0.15) is 0 Å². The lowest BCUT2D eigenvalue weighted by molar-refractivity contribution is -0.145. The maximum atomic E-state index is 13.4. The van der Waals surface area contributed by atoms with Crippen LogP contribution in [0, 0.1) is 11.3 Å². The van der Waals surface area contributed by atoms with Crippen LogP contribution in [0.4, 0.5) is 0 Å². The fourth-order valence-electron chi connectivity index (χ4n) is 5.48. The van der Waals surface area contributed by atoms with Crippen molar-refractivity contribution in [1.82, 2.24) is 15.2 Å². The van der Waals surface area contributed by atoms with E-state index in [0.29, 0.717) is 19.5 Å². The zero-order chi connectivity index (χ0) is 22.4. The minimum atomic E-state index is -0.574. The Kier molecular flexibility index (Phi) is 7.23. The average molecular weight is 434 g/mol. The highest BCUT2D eigenvalue weighted by atomic mass is 16.2. The molecule has 1 saturated heterocycles. The molecule has 0 radical (unpaired) electrons. The molecule has 1 N–H and O–H groups in total. The second-order valence-corrected chi connectivity index (χ2v) is 9.45. The highest BCUT2D eigenvalue weighted by molar-refractivity contribution is 5.85. The van der Waals surface area contributed by atoms with Crippen LogP contribution >= 0.6 is 0 Å². The van der Waals surface area contributed by atoms with Crippen LogP contribution in [0.15, 0.2) is 48.8 Å². The molecule has 0 bridgehead atoms. The van der Waals surface area contributed by atoms with Gasteiger partial charge in [0.15, 0.2) is 0 Å². The van der Waals surface area contributed by atoms with Gasteiger partial charge in [-0.05, 0) is 67.9 Å². The highest BCUT2D eigenvalue weighted by Gasteiger charge is 2.44. The van der Waals surface area contributed by atoms with E-state index in [9.17, 15) is 9.59 Å². The molecule has 32 heavy (non-hydrogen) atoms. The van der Waals surface area contributed by atoms with Crippen LogP contribution in [0.2, 0.25) is 0 Å². The maximum Gasteiger partial charge on any atom is 0.228 e. The minimum Gasteiger partial charge on any atom is -0.356 e. The van der Waals surface area contributed by atoms with Gasteiger partial charge in [-0.2, -0.15) is 0 Å². The third-order valence-electron chi connectivity index (χ3n) is 7.15. The first-order valence-electron chi connectivity index (χ1n) is 12.2. The molecule has 5 heteroatoms. The van der Waals surface area contributed by atoms with E-state index in [-0.39, 0.29) is 17.7 Å². The summed E-state index contributed by atoms with van der Waals surface area (Å²) in [6, 6.07) is 12.4. The van der Waals surface area contributed by atoms with E-state index in [1.165, 1.54) is 6.42 Å². The number of hydrogen-bond donors (Lipinski definition) is 1. The summed E-state index contributed by atoms with van der Waals surface area (Å²) in [7, 11) is 0. The highest BCUT2D eigenvalue weighted by Crippen LogP contribution is 2.37. The Morgan fingerprint density at radius 2 is 1.84 bits per heavy atom. The number of pyridine rings is 1. The average Bonchev–Trinajstić information content (AvgIpc) is 2.85. The standard InChI is InChI=1S/C27H35N3O2/c1-2-29-26(32)27(14-7-17-30(20-27)25(31)23-9-4-3-5-10-23)19-21-8-6-11-24(18-21)22-12-15-28-16-13-22/h6,8,11-13,15-16,18,23H,2-5,7,9-10,14,17,19-20H2,1H3,(H,29,32)/t27-/m1/s1. The summed E-state index contributed by atoms with van der Waals surface area (Å²) in [5.74, 6) is 0.489. The quantitative estimate of drug-likeness (QED) is 0.723. The van der Waals surface area contributed by atoms with Gasteiger partial charge >= 0.3 is 0 Å². The zero-order valence-corrected chi connectivity index (χ0v) is 19.2. The molecular weight excluding hydrogens is 398 g/mol. The topological polar surface area (TPSA) is 62.3 Å². The molecule has 2 aromatic rings. The lowest BCUT2D eigenvalue weighted by atomic mass is 9.73. The third-order valence-corrected chi connectivity index (χ3v) is 7.15. The van der Waals surface area contributed by atoms with Crippen molar-refractivity contribution in [2.45, 2.75) is 58.3 Å². The van der Waals surface area contributed by atoms with Crippen LogP contribution < -0.4 is 5.32 Å². The molecule has 2 heterocycles. The Bertz CT molecular complexity index is 924. The van der Waals surface area contributed by atoms with E-state index in [2.05, 4.69) is 34.6 Å². The summed E-state index contributed by atoms with van der Waals surface area (Å²) in [5.41, 5.74) is 2.81. The Labute approximate surface area is 191 Å². The van der Waals surface area contributed by atoms with Gasteiger partial charge in [0.05, 0.1) is 5.41 Å². The Morgan fingerprint density at radius 1 is 1.06 bits per heavy atom. The predicted molar refractivity (Wildman–Crippen MR) is 127 cm³/mol. The van der Waals surface area contributed by atoms with E-state index in [4.69, 9.17) is 0 Å². The number of rotatable bonds is 6. The second kappa shape index (κ2) is 10.3. The number of benzene rings is 1. The van der Waals surface area contributed by atoms with Gasteiger partial charge in [0, 0.05) is 37.9 Å². The van der Waals surface area contributed by atoms with Crippen LogP contribution in [-0.2, 0) is 16.0 Å². The first-order valence-corrected chi connectivity index (χ1v) is 12.2.